The number of nitrogens with zero attached hydrogens (tertiary/aromatic N) is 4. The molecule has 3 aromatic heterocycles. The fourth-order valence-electron chi connectivity index (χ4n) is 3.01. The summed E-state index contributed by atoms with van der Waals surface area (Å²) in [5.41, 5.74) is -1.17. The molecular formula is C24H27FN6O3. The normalized spacial score (nSPS) is 13.1. The van der Waals surface area contributed by atoms with Gasteiger partial charge in [0.2, 0.25) is 0 Å². The van der Waals surface area contributed by atoms with Crippen LogP contribution in [-0.4, -0.2) is 54.6 Å². The molecule has 0 aromatic carbocycles. The molecule has 0 bridgehead atoms. The number of halogens is 1. The van der Waals surface area contributed by atoms with Crippen LogP contribution in [0.1, 0.15) is 43.6 Å². The maximum absolute atomic E-state index is 14.1. The number of rotatable bonds is 8. The minimum Gasteiger partial charge on any atom is -0.387 e. The van der Waals surface area contributed by atoms with E-state index in [0.29, 0.717) is 22.7 Å². The Labute approximate surface area is 196 Å². The van der Waals surface area contributed by atoms with Gasteiger partial charge in [-0.25, -0.2) is 14.4 Å². The summed E-state index contributed by atoms with van der Waals surface area (Å²) in [6.07, 6.45) is 5.89. The lowest BCUT2D eigenvalue weighted by molar-refractivity contribution is -0.00177. The number of fused-ring (bicyclic) bond motifs is 1. The van der Waals surface area contributed by atoms with Crippen molar-refractivity contribution in [3.05, 3.63) is 60.2 Å². The molecule has 0 aliphatic rings. The number of nitrogens with one attached hydrogen (secondary N) is 2. The van der Waals surface area contributed by atoms with Gasteiger partial charge in [0.05, 0.1) is 34.6 Å². The number of amides is 1. The second-order valence-electron chi connectivity index (χ2n) is 8.99. The molecule has 3 rings (SSSR count). The summed E-state index contributed by atoms with van der Waals surface area (Å²) < 4.78 is 15.8. The van der Waals surface area contributed by atoms with Crippen LogP contribution in [0.15, 0.2) is 49.1 Å². The first-order chi connectivity index (χ1) is 15.9. The Kier molecular flexibility index (Phi) is 7.00. The number of carbonyl (C=O) groups is 1. The molecule has 4 N–H and O–H groups in total. The van der Waals surface area contributed by atoms with Crippen molar-refractivity contribution in [2.75, 3.05) is 11.9 Å². The van der Waals surface area contributed by atoms with E-state index in [2.05, 4.69) is 20.6 Å². The Morgan fingerprint density at radius 3 is 2.65 bits per heavy atom. The van der Waals surface area contributed by atoms with Crippen molar-refractivity contribution in [3.63, 3.8) is 0 Å². The number of pyridine rings is 2. The molecule has 0 aliphatic heterocycles. The Morgan fingerprint density at radius 1 is 1.26 bits per heavy atom. The van der Waals surface area contributed by atoms with Gasteiger partial charge in [-0.1, -0.05) is 0 Å². The SMILES string of the molecule is CC(C)(O)/C=C/Nc1cc(-n2ccc3cc(C#N)cnc32)ncc1C(=O)NC[C@@H](F)C(C)(C)O. The van der Waals surface area contributed by atoms with Crippen LogP contribution in [0, 0.1) is 11.3 Å². The Bertz CT molecular complexity index is 1260. The van der Waals surface area contributed by atoms with E-state index in [0.717, 1.165) is 5.39 Å². The zero-order chi connectivity index (χ0) is 25.1. The summed E-state index contributed by atoms with van der Waals surface area (Å²) in [4.78, 5) is 21.5. The molecule has 0 fully saturated rings. The summed E-state index contributed by atoms with van der Waals surface area (Å²) in [7, 11) is 0. The number of alkyl halides is 1. The highest BCUT2D eigenvalue weighted by atomic mass is 19.1. The van der Waals surface area contributed by atoms with Gasteiger partial charge in [-0.05, 0) is 52.1 Å². The van der Waals surface area contributed by atoms with Gasteiger partial charge in [0.1, 0.15) is 23.7 Å². The van der Waals surface area contributed by atoms with Crippen molar-refractivity contribution in [3.8, 4) is 11.9 Å². The van der Waals surface area contributed by atoms with Crippen molar-refractivity contribution >= 4 is 22.6 Å². The molecule has 3 heterocycles. The molecular weight excluding hydrogens is 439 g/mol. The zero-order valence-corrected chi connectivity index (χ0v) is 19.4. The maximum Gasteiger partial charge on any atom is 0.255 e. The van der Waals surface area contributed by atoms with Crippen molar-refractivity contribution in [2.24, 2.45) is 0 Å². The largest absolute Gasteiger partial charge is 0.387 e. The minimum absolute atomic E-state index is 0.142. The average molecular weight is 467 g/mol. The fraction of sp³-hybridized carbons (Fsp3) is 0.333. The van der Waals surface area contributed by atoms with Gasteiger partial charge in [-0.2, -0.15) is 5.26 Å². The topological polar surface area (TPSA) is 136 Å². The molecule has 9 nitrogen and oxygen atoms in total. The lowest BCUT2D eigenvalue weighted by Gasteiger charge is -2.22. The van der Waals surface area contributed by atoms with Crippen LogP contribution in [0.2, 0.25) is 0 Å². The molecule has 34 heavy (non-hydrogen) atoms. The van der Waals surface area contributed by atoms with Crippen molar-refractivity contribution in [1.29, 1.82) is 5.26 Å². The van der Waals surface area contributed by atoms with E-state index in [1.54, 1.807) is 42.8 Å². The van der Waals surface area contributed by atoms with Crippen LogP contribution in [0.5, 0.6) is 0 Å². The highest BCUT2D eigenvalue weighted by Crippen LogP contribution is 2.23. The van der Waals surface area contributed by atoms with Gasteiger partial charge >= 0.3 is 0 Å². The molecule has 0 saturated heterocycles. The number of hydrogen-bond acceptors (Lipinski definition) is 7. The summed E-state index contributed by atoms with van der Waals surface area (Å²) in [5.74, 6) is -0.137. The molecule has 3 aromatic rings. The average Bonchev–Trinajstić information content (AvgIpc) is 3.18. The second kappa shape index (κ2) is 9.59. The number of aliphatic hydroxyl groups is 2. The van der Waals surface area contributed by atoms with Crippen LogP contribution >= 0.6 is 0 Å². The van der Waals surface area contributed by atoms with E-state index in [1.807, 2.05) is 6.07 Å². The maximum atomic E-state index is 14.1. The highest BCUT2D eigenvalue weighted by Gasteiger charge is 2.27. The van der Waals surface area contributed by atoms with E-state index < -0.39 is 23.3 Å². The Balaban J connectivity index is 1.96. The smallest absolute Gasteiger partial charge is 0.255 e. The van der Waals surface area contributed by atoms with Crippen LogP contribution in [0.3, 0.4) is 0 Å². The van der Waals surface area contributed by atoms with E-state index in [4.69, 9.17) is 5.26 Å². The van der Waals surface area contributed by atoms with Crippen LogP contribution in [-0.2, 0) is 0 Å². The summed E-state index contributed by atoms with van der Waals surface area (Å²) >= 11 is 0. The van der Waals surface area contributed by atoms with E-state index in [-0.39, 0.29) is 12.1 Å². The third-order valence-corrected chi connectivity index (χ3v) is 4.97. The fourth-order valence-corrected chi connectivity index (χ4v) is 3.01. The van der Waals surface area contributed by atoms with Crippen LogP contribution in [0.25, 0.3) is 16.9 Å². The number of nitriles is 1. The molecule has 0 radical (unpaired) electrons. The monoisotopic (exact) mass is 466 g/mol. The zero-order valence-electron chi connectivity index (χ0n) is 19.4. The van der Waals surface area contributed by atoms with Gasteiger partial charge in [0.25, 0.3) is 5.91 Å². The third-order valence-electron chi connectivity index (χ3n) is 4.97. The number of carbonyl (C=O) groups excluding carboxylic acids is 1. The summed E-state index contributed by atoms with van der Waals surface area (Å²) in [5, 5.41) is 35.0. The molecule has 0 spiro atoms. The quantitative estimate of drug-likeness (QED) is 0.401. The number of aromatic nitrogens is 3. The minimum atomic E-state index is -1.66. The highest BCUT2D eigenvalue weighted by molar-refractivity contribution is 5.99. The van der Waals surface area contributed by atoms with E-state index >= 15 is 0 Å². The van der Waals surface area contributed by atoms with Crippen molar-refractivity contribution in [1.82, 2.24) is 19.9 Å². The molecule has 1 amide bonds. The van der Waals surface area contributed by atoms with Gasteiger partial charge in [-0.15, -0.1) is 0 Å². The van der Waals surface area contributed by atoms with Crippen LogP contribution < -0.4 is 10.6 Å². The van der Waals surface area contributed by atoms with Gasteiger partial charge in [0.15, 0.2) is 0 Å². The predicted octanol–water partition coefficient (Wildman–Crippen LogP) is 2.83. The van der Waals surface area contributed by atoms with Gasteiger partial charge < -0.3 is 20.8 Å². The van der Waals surface area contributed by atoms with Crippen molar-refractivity contribution in [2.45, 2.75) is 45.1 Å². The standard InChI is InChI=1S/C24H27FN6O3/c1-23(2,33)6-7-27-18-10-20(31-8-5-16-9-15(11-26)12-29-21(16)31)28-13-17(18)22(32)30-14-19(25)24(3,4)34/h5-10,12-13,19,33-34H,14H2,1-4H3,(H,27,28)(H,30,32)/b7-6+/t19-/m1/s1. The van der Waals surface area contributed by atoms with Crippen LogP contribution in [0.4, 0.5) is 10.1 Å². The first-order valence-electron chi connectivity index (χ1n) is 10.6. The molecule has 178 valence electrons. The third kappa shape index (κ3) is 5.95. The molecule has 10 heteroatoms. The first-order valence-corrected chi connectivity index (χ1v) is 10.6. The first kappa shape index (κ1) is 24.8. The lowest BCUT2D eigenvalue weighted by atomic mass is 10.0. The van der Waals surface area contributed by atoms with Crippen molar-refractivity contribution < 1.29 is 19.4 Å². The summed E-state index contributed by atoms with van der Waals surface area (Å²) in [6.45, 7) is 5.47. The molecule has 0 saturated carbocycles. The lowest BCUT2D eigenvalue weighted by Crippen LogP contribution is -2.42. The number of anilines is 1. The van der Waals surface area contributed by atoms with E-state index in [1.165, 1.54) is 38.5 Å². The Hall–Kier alpha value is -3.81. The molecule has 0 unspecified atom stereocenters. The Morgan fingerprint density at radius 2 is 2.00 bits per heavy atom. The predicted molar refractivity (Wildman–Crippen MR) is 126 cm³/mol. The molecule has 1 atom stereocenters. The van der Waals surface area contributed by atoms with Gasteiger partial charge in [0, 0.05) is 30.0 Å². The van der Waals surface area contributed by atoms with Gasteiger partial charge in [-0.3, -0.25) is 9.36 Å². The molecule has 0 aliphatic carbocycles. The van der Waals surface area contributed by atoms with E-state index in [9.17, 15) is 19.4 Å². The second-order valence-corrected chi connectivity index (χ2v) is 8.99. The number of hydrogen-bond donors (Lipinski definition) is 4. The summed E-state index contributed by atoms with van der Waals surface area (Å²) in [6, 6.07) is 7.17.